The number of sulfonamides is 1. The Morgan fingerprint density at radius 1 is 1.08 bits per heavy atom. The van der Waals surface area contributed by atoms with E-state index in [0.717, 1.165) is 57.9 Å². The fraction of sp³-hybridized carbons (Fsp3) is 0.296. The topological polar surface area (TPSA) is 144 Å². The Kier molecular flexibility index (Phi) is 6.56. The molecule has 0 aliphatic carbocycles. The number of aromatic amines is 1. The van der Waals surface area contributed by atoms with Crippen molar-refractivity contribution in [2.24, 2.45) is 5.73 Å². The maximum Gasteiger partial charge on any atom is 0.232 e. The minimum atomic E-state index is -3.50. The molecule has 1 saturated heterocycles. The van der Waals surface area contributed by atoms with Gasteiger partial charge in [0.25, 0.3) is 0 Å². The number of fused-ring (bicyclic) bond motifs is 2. The molecule has 11 heteroatoms. The van der Waals surface area contributed by atoms with E-state index in [0.29, 0.717) is 31.0 Å². The van der Waals surface area contributed by atoms with Crippen LogP contribution in [0, 0.1) is 0 Å². The predicted molar refractivity (Wildman–Crippen MR) is 149 cm³/mol. The summed E-state index contributed by atoms with van der Waals surface area (Å²) in [6.45, 7) is 1.86. The maximum absolute atomic E-state index is 13.0. The van der Waals surface area contributed by atoms with Crippen molar-refractivity contribution >= 4 is 37.4 Å². The highest BCUT2D eigenvalue weighted by atomic mass is 32.2. The average Bonchev–Trinajstić information content (AvgIpc) is 3.69. The lowest BCUT2D eigenvalue weighted by molar-refractivity contribution is 0.565. The van der Waals surface area contributed by atoms with E-state index in [-0.39, 0.29) is 11.8 Å². The number of hydrogen-bond acceptors (Lipinski definition) is 7. The Labute approximate surface area is 220 Å². The number of nitrogens with two attached hydrogens (primary N) is 1. The highest BCUT2D eigenvalue weighted by molar-refractivity contribution is 7.92. The highest BCUT2D eigenvalue weighted by Gasteiger charge is 2.20. The minimum Gasteiger partial charge on any atom is -0.333 e. The summed E-state index contributed by atoms with van der Waals surface area (Å²) in [5, 5.41) is 21.1. The van der Waals surface area contributed by atoms with Crippen molar-refractivity contribution in [2.45, 2.75) is 38.4 Å². The largest absolute Gasteiger partial charge is 0.333 e. The van der Waals surface area contributed by atoms with Crippen LogP contribution in [0.3, 0.4) is 0 Å². The molecular weight excluding hydrogens is 500 g/mol. The molecule has 0 unspecified atom stereocenters. The Morgan fingerprint density at radius 2 is 1.97 bits per heavy atom. The fourth-order valence-corrected chi connectivity index (χ4v) is 6.51. The molecule has 3 heterocycles. The van der Waals surface area contributed by atoms with Gasteiger partial charge in [-0.2, -0.15) is 5.21 Å². The summed E-state index contributed by atoms with van der Waals surface area (Å²) in [6, 6.07) is 20.2. The third-order valence-electron chi connectivity index (χ3n) is 7.23. The Hall–Kier alpha value is -3.80. The van der Waals surface area contributed by atoms with E-state index in [9.17, 15) is 8.42 Å². The molecule has 1 aliphatic rings. The Morgan fingerprint density at radius 3 is 2.76 bits per heavy atom. The molecule has 1 aliphatic heterocycles. The first-order valence-electron chi connectivity index (χ1n) is 12.8. The monoisotopic (exact) mass is 530 g/mol. The fourth-order valence-electron chi connectivity index (χ4n) is 5.33. The molecule has 0 saturated carbocycles. The van der Waals surface area contributed by atoms with E-state index in [2.05, 4.69) is 47.4 Å². The predicted octanol–water partition coefficient (Wildman–Crippen LogP) is 3.37. The van der Waals surface area contributed by atoms with Gasteiger partial charge in [0.1, 0.15) is 0 Å². The maximum atomic E-state index is 13.0. The second-order valence-corrected chi connectivity index (χ2v) is 11.6. The van der Waals surface area contributed by atoms with Crippen molar-refractivity contribution in [3.63, 3.8) is 0 Å². The summed E-state index contributed by atoms with van der Waals surface area (Å²) in [4.78, 5) is 0. The van der Waals surface area contributed by atoms with Crippen LogP contribution in [0.1, 0.15) is 30.4 Å². The van der Waals surface area contributed by atoms with Gasteiger partial charge in [-0.25, -0.2) is 8.42 Å². The van der Waals surface area contributed by atoms with Crippen LogP contribution in [-0.4, -0.2) is 51.9 Å². The van der Waals surface area contributed by atoms with Gasteiger partial charge >= 0.3 is 0 Å². The Balaban J connectivity index is 1.40. The smallest absolute Gasteiger partial charge is 0.232 e. The number of anilines is 1. The van der Waals surface area contributed by atoms with E-state index in [1.54, 1.807) is 0 Å². The van der Waals surface area contributed by atoms with Crippen LogP contribution in [0.4, 0.5) is 5.69 Å². The summed E-state index contributed by atoms with van der Waals surface area (Å²) in [5.41, 5.74) is 10.3. The third kappa shape index (κ3) is 5.00. The molecule has 0 radical (unpaired) electrons. The van der Waals surface area contributed by atoms with Gasteiger partial charge in [0.05, 0.1) is 11.4 Å². The first-order chi connectivity index (χ1) is 18.5. The lowest BCUT2D eigenvalue weighted by atomic mass is 10.0. The molecule has 5 N–H and O–H groups in total. The highest BCUT2D eigenvalue weighted by Crippen LogP contribution is 2.31. The van der Waals surface area contributed by atoms with Crippen molar-refractivity contribution in [3.05, 3.63) is 71.8 Å². The summed E-state index contributed by atoms with van der Waals surface area (Å²) in [7, 11) is -3.50. The molecule has 196 valence electrons. The van der Waals surface area contributed by atoms with Crippen LogP contribution >= 0.6 is 0 Å². The van der Waals surface area contributed by atoms with E-state index < -0.39 is 10.0 Å². The van der Waals surface area contributed by atoms with Crippen LogP contribution in [-0.2, 0) is 23.1 Å². The van der Waals surface area contributed by atoms with Gasteiger partial charge < -0.3 is 15.6 Å². The van der Waals surface area contributed by atoms with Gasteiger partial charge in [-0.05, 0) is 77.2 Å². The normalized spacial score (nSPS) is 16.0. The number of aromatic nitrogens is 5. The van der Waals surface area contributed by atoms with Crippen LogP contribution < -0.4 is 15.8 Å². The zero-order valence-corrected chi connectivity index (χ0v) is 21.7. The Bertz CT molecular complexity index is 1690. The summed E-state index contributed by atoms with van der Waals surface area (Å²) < 4.78 is 30.9. The molecule has 3 aromatic carbocycles. The van der Waals surface area contributed by atoms with Crippen LogP contribution in [0.5, 0.6) is 0 Å². The summed E-state index contributed by atoms with van der Waals surface area (Å²) >= 11 is 0. The van der Waals surface area contributed by atoms with Crippen molar-refractivity contribution < 1.29 is 8.42 Å². The van der Waals surface area contributed by atoms with Crippen LogP contribution in [0.25, 0.3) is 33.2 Å². The average molecular weight is 531 g/mol. The quantitative estimate of drug-likeness (QED) is 0.229. The van der Waals surface area contributed by atoms with Gasteiger partial charge in [-0.15, -0.1) is 10.2 Å². The van der Waals surface area contributed by atoms with Crippen molar-refractivity contribution in [1.82, 2.24) is 30.5 Å². The number of hydrogen-bond donors (Lipinski definition) is 4. The zero-order valence-electron chi connectivity index (χ0n) is 20.9. The van der Waals surface area contributed by atoms with Gasteiger partial charge in [-0.3, -0.25) is 4.72 Å². The standard InChI is InChI=1S/C27H30N8O2S/c28-16-18-7-8-20-15-26(27-30-33-34-31-27)35(25(20)12-18)17-21-14-23(13-19-4-1-2-6-24(19)21)32-38(36,37)11-9-22-5-3-10-29-22/h1-2,4,6-8,12-15,22,29,32H,3,5,9-11,16-17,28H2,(H,30,31,33,34)/t22-/m0/s1. The number of nitrogens with one attached hydrogen (secondary N) is 3. The summed E-state index contributed by atoms with van der Waals surface area (Å²) in [5.74, 6) is 0.566. The van der Waals surface area contributed by atoms with Crippen LogP contribution in [0.15, 0.2) is 60.7 Å². The van der Waals surface area contributed by atoms with Gasteiger partial charge in [0.2, 0.25) is 15.8 Å². The number of benzene rings is 3. The van der Waals surface area contributed by atoms with Gasteiger partial charge in [-0.1, -0.05) is 36.4 Å². The molecule has 2 aromatic heterocycles. The van der Waals surface area contributed by atoms with Gasteiger partial charge in [0, 0.05) is 35.7 Å². The van der Waals surface area contributed by atoms with E-state index in [4.69, 9.17) is 5.73 Å². The van der Waals surface area contributed by atoms with Crippen molar-refractivity contribution in [3.8, 4) is 11.5 Å². The molecule has 0 bridgehead atoms. The second kappa shape index (κ2) is 10.2. The number of nitrogens with zero attached hydrogens (tertiary/aromatic N) is 4. The lowest BCUT2D eigenvalue weighted by Gasteiger charge is -2.16. The van der Waals surface area contributed by atoms with Crippen molar-refractivity contribution in [2.75, 3.05) is 17.0 Å². The van der Waals surface area contributed by atoms with E-state index in [1.165, 1.54) is 0 Å². The molecule has 1 atom stereocenters. The van der Waals surface area contributed by atoms with E-state index in [1.807, 2.05) is 48.5 Å². The molecule has 0 spiro atoms. The number of rotatable bonds is 9. The zero-order chi connectivity index (χ0) is 26.1. The van der Waals surface area contributed by atoms with Gasteiger partial charge in [0.15, 0.2) is 0 Å². The first-order valence-corrected chi connectivity index (χ1v) is 14.5. The van der Waals surface area contributed by atoms with E-state index >= 15 is 0 Å². The molecule has 6 rings (SSSR count). The van der Waals surface area contributed by atoms with Crippen LogP contribution in [0.2, 0.25) is 0 Å². The molecule has 10 nitrogen and oxygen atoms in total. The molecule has 1 fully saturated rings. The molecule has 0 amide bonds. The summed E-state index contributed by atoms with van der Waals surface area (Å²) in [6.07, 6.45) is 2.72. The first kappa shape index (κ1) is 24.5. The second-order valence-electron chi connectivity index (χ2n) is 9.81. The molecular formula is C27H30N8O2S. The number of tetrazole rings is 1. The number of H-pyrrole nitrogens is 1. The third-order valence-corrected chi connectivity index (χ3v) is 8.55. The molecule has 5 aromatic rings. The van der Waals surface area contributed by atoms with Crippen molar-refractivity contribution in [1.29, 1.82) is 0 Å². The SMILES string of the molecule is NCc1ccc2cc(-c3nn[nH]n3)n(Cc3cc(NS(=O)(=O)CC[C@@H]4CCCN4)cc4ccccc34)c2c1. The minimum absolute atomic E-state index is 0.0822. The lowest BCUT2D eigenvalue weighted by Crippen LogP contribution is -2.26. The molecule has 38 heavy (non-hydrogen) atoms.